The van der Waals surface area contributed by atoms with Crippen LogP contribution >= 0.6 is 0 Å². The molecule has 0 aliphatic rings. The van der Waals surface area contributed by atoms with Crippen LogP contribution in [0.2, 0.25) is 0 Å². The van der Waals surface area contributed by atoms with Gasteiger partial charge in [-0.2, -0.15) is 0 Å². The van der Waals surface area contributed by atoms with E-state index < -0.39 is 0 Å². The van der Waals surface area contributed by atoms with Gasteiger partial charge >= 0.3 is 0 Å². The van der Waals surface area contributed by atoms with Gasteiger partial charge in [0.15, 0.2) is 5.78 Å². The van der Waals surface area contributed by atoms with E-state index in [2.05, 4.69) is 6.92 Å². The summed E-state index contributed by atoms with van der Waals surface area (Å²) in [5.74, 6) is 0.258. The van der Waals surface area contributed by atoms with Crippen molar-refractivity contribution < 1.29 is 9.53 Å². The zero-order chi connectivity index (χ0) is 14.3. The Bertz CT molecular complexity index is 199. The maximum absolute atomic E-state index is 11.5. The SMILES string of the molecule is CCCCCCCCCCCCC(=O)COC(C)C. The van der Waals surface area contributed by atoms with Gasteiger partial charge in [-0.15, -0.1) is 0 Å². The van der Waals surface area contributed by atoms with Crippen molar-refractivity contribution in [1.29, 1.82) is 0 Å². The lowest BCUT2D eigenvalue weighted by atomic mass is 10.1. The van der Waals surface area contributed by atoms with Crippen molar-refractivity contribution in [1.82, 2.24) is 0 Å². The van der Waals surface area contributed by atoms with Gasteiger partial charge in [-0.1, -0.05) is 64.7 Å². The summed E-state index contributed by atoms with van der Waals surface area (Å²) in [6.07, 6.45) is 14.0. The third kappa shape index (κ3) is 15.6. The molecule has 114 valence electrons. The van der Waals surface area contributed by atoms with Crippen LogP contribution in [0.1, 0.15) is 91.4 Å². The summed E-state index contributed by atoms with van der Waals surface area (Å²) < 4.78 is 5.30. The Morgan fingerprint density at radius 1 is 0.842 bits per heavy atom. The fraction of sp³-hybridized carbons (Fsp3) is 0.941. The molecule has 0 atom stereocenters. The molecule has 2 nitrogen and oxygen atoms in total. The maximum Gasteiger partial charge on any atom is 0.158 e. The smallest absolute Gasteiger partial charge is 0.158 e. The highest BCUT2D eigenvalue weighted by Crippen LogP contribution is 2.11. The van der Waals surface area contributed by atoms with E-state index in [0.29, 0.717) is 13.0 Å². The molecular weight excluding hydrogens is 236 g/mol. The molecule has 0 radical (unpaired) electrons. The summed E-state index contributed by atoms with van der Waals surface area (Å²) >= 11 is 0. The van der Waals surface area contributed by atoms with Gasteiger partial charge in [-0.05, 0) is 20.3 Å². The molecule has 0 fully saturated rings. The van der Waals surface area contributed by atoms with Crippen molar-refractivity contribution in [3.05, 3.63) is 0 Å². The number of rotatable bonds is 14. The van der Waals surface area contributed by atoms with Crippen LogP contribution in [-0.4, -0.2) is 18.5 Å². The van der Waals surface area contributed by atoms with E-state index in [1.54, 1.807) is 0 Å². The number of ketones is 1. The van der Waals surface area contributed by atoms with Gasteiger partial charge in [0.2, 0.25) is 0 Å². The zero-order valence-corrected chi connectivity index (χ0v) is 13.4. The molecule has 0 saturated carbocycles. The van der Waals surface area contributed by atoms with E-state index in [1.807, 2.05) is 13.8 Å². The van der Waals surface area contributed by atoms with Gasteiger partial charge in [-0.25, -0.2) is 0 Å². The molecule has 0 aliphatic heterocycles. The lowest BCUT2D eigenvalue weighted by molar-refractivity contribution is -0.125. The second-order valence-electron chi connectivity index (χ2n) is 5.83. The van der Waals surface area contributed by atoms with E-state index in [9.17, 15) is 4.79 Å². The lowest BCUT2D eigenvalue weighted by Crippen LogP contribution is -2.12. The van der Waals surface area contributed by atoms with E-state index in [0.717, 1.165) is 6.42 Å². The van der Waals surface area contributed by atoms with Crippen LogP contribution in [0, 0.1) is 0 Å². The number of Topliss-reactive ketones (excluding diaryl/α,β-unsaturated/α-hetero) is 1. The normalized spacial score (nSPS) is 11.2. The standard InChI is InChI=1S/C17H34O2/c1-4-5-6-7-8-9-10-11-12-13-14-17(18)15-19-16(2)3/h16H,4-15H2,1-3H3. The number of carbonyl (C=O) groups excluding carboxylic acids is 1. The molecule has 19 heavy (non-hydrogen) atoms. The molecule has 0 aliphatic carbocycles. The van der Waals surface area contributed by atoms with E-state index in [4.69, 9.17) is 4.74 Å². The van der Waals surface area contributed by atoms with Gasteiger partial charge in [0, 0.05) is 6.42 Å². The molecule has 0 heterocycles. The highest BCUT2D eigenvalue weighted by Gasteiger charge is 2.03. The van der Waals surface area contributed by atoms with Crippen LogP contribution in [-0.2, 0) is 9.53 Å². The van der Waals surface area contributed by atoms with Gasteiger partial charge in [0.25, 0.3) is 0 Å². The molecule has 0 amide bonds. The summed E-state index contributed by atoms with van der Waals surface area (Å²) in [5, 5.41) is 0. The molecule has 0 aromatic rings. The minimum absolute atomic E-state index is 0.164. The van der Waals surface area contributed by atoms with Crippen molar-refractivity contribution in [3.8, 4) is 0 Å². The molecule has 0 unspecified atom stereocenters. The second-order valence-corrected chi connectivity index (χ2v) is 5.83. The van der Waals surface area contributed by atoms with E-state index in [1.165, 1.54) is 57.8 Å². The van der Waals surface area contributed by atoms with Crippen LogP contribution in [0.15, 0.2) is 0 Å². The fourth-order valence-corrected chi connectivity index (χ4v) is 2.14. The summed E-state index contributed by atoms with van der Waals surface area (Å²) in [6.45, 7) is 6.49. The predicted octanol–water partition coefficient (Wildman–Crippen LogP) is 5.29. The zero-order valence-electron chi connectivity index (χ0n) is 13.4. The van der Waals surface area contributed by atoms with Crippen molar-refractivity contribution >= 4 is 5.78 Å². The Morgan fingerprint density at radius 2 is 1.32 bits per heavy atom. The minimum Gasteiger partial charge on any atom is -0.371 e. The number of hydrogen-bond acceptors (Lipinski definition) is 2. The third-order valence-corrected chi connectivity index (χ3v) is 3.39. The van der Waals surface area contributed by atoms with Gasteiger partial charge in [-0.3, -0.25) is 4.79 Å². The van der Waals surface area contributed by atoms with Crippen LogP contribution in [0.4, 0.5) is 0 Å². The predicted molar refractivity (Wildman–Crippen MR) is 82.6 cm³/mol. The average molecular weight is 270 g/mol. The Hall–Kier alpha value is -0.370. The molecule has 0 aromatic carbocycles. The van der Waals surface area contributed by atoms with Gasteiger partial charge in [0.05, 0.1) is 6.10 Å². The van der Waals surface area contributed by atoms with Crippen LogP contribution < -0.4 is 0 Å². The molecule has 0 N–H and O–H groups in total. The second kappa shape index (κ2) is 14.0. The molecule has 0 saturated heterocycles. The highest BCUT2D eigenvalue weighted by molar-refractivity contribution is 5.79. The van der Waals surface area contributed by atoms with Crippen molar-refractivity contribution in [2.45, 2.75) is 97.5 Å². The number of ether oxygens (including phenoxy) is 1. The largest absolute Gasteiger partial charge is 0.371 e. The third-order valence-electron chi connectivity index (χ3n) is 3.39. The first-order valence-corrected chi connectivity index (χ1v) is 8.30. The van der Waals surface area contributed by atoms with Crippen molar-refractivity contribution in [2.24, 2.45) is 0 Å². The monoisotopic (exact) mass is 270 g/mol. The minimum atomic E-state index is 0.164. The first kappa shape index (κ1) is 18.6. The van der Waals surface area contributed by atoms with E-state index in [-0.39, 0.29) is 11.9 Å². The number of hydrogen-bond donors (Lipinski definition) is 0. The topological polar surface area (TPSA) is 26.3 Å². The quantitative estimate of drug-likeness (QED) is 0.401. The van der Waals surface area contributed by atoms with Gasteiger partial charge < -0.3 is 4.74 Å². The molecule has 0 rings (SSSR count). The molecule has 2 heteroatoms. The Morgan fingerprint density at radius 3 is 1.79 bits per heavy atom. The van der Waals surface area contributed by atoms with E-state index >= 15 is 0 Å². The van der Waals surface area contributed by atoms with Crippen molar-refractivity contribution in [3.63, 3.8) is 0 Å². The summed E-state index contributed by atoms with van der Waals surface area (Å²) in [5.41, 5.74) is 0. The van der Waals surface area contributed by atoms with Gasteiger partial charge in [0.1, 0.15) is 6.61 Å². The summed E-state index contributed by atoms with van der Waals surface area (Å²) in [6, 6.07) is 0. The number of carbonyl (C=O) groups is 1. The summed E-state index contributed by atoms with van der Waals surface area (Å²) in [4.78, 5) is 11.5. The maximum atomic E-state index is 11.5. The van der Waals surface area contributed by atoms with Crippen LogP contribution in [0.5, 0.6) is 0 Å². The Labute approximate surface area is 120 Å². The molecule has 0 aromatic heterocycles. The molecule has 0 spiro atoms. The van der Waals surface area contributed by atoms with Crippen LogP contribution in [0.25, 0.3) is 0 Å². The Kier molecular flexibility index (Phi) is 13.8. The molecule has 0 bridgehead atoms. The average Bonchev–Trinajstić information content (AvgIpc) is 2.38. The first-order chi connectivity index (χ1) is 9.16. The van der Waals surface area contributed by atoms with Crippen LogP contribution in [0.3, 0.4) is 0 Å². The van der Waals surface area contributed by atoms with Crippen molar-refractivity contribution in [2.75, 3.05) is 6.61 Å². The molecular formula is C17H34O2. The summed E-state index contributed by atoms with van der Waals surface area (Å²) in [7, 11) is 0. The lowest BCUT2D eigenvalue weighted by Gasteiger charge is -2.06. The Balaban J connectivity index is 3.11. The fourth-order valence-electron chi connectivity index (χ4n) is 2.14. The highest BCUT2D eigenvalue weighted by atomic mass is 16.5. The number of unbranched alkanes of at least 4 members (excludes halogenated alkanes) is 9. The first-order valence-electron chi connectivity index (χ1n) is 8.30.